The molecule has 1 heterocycles. The van der Waals surface area contributed by atoms with Gasteiger partial charge in [0.25, 0.3) is 0 Å². The van der Waals surface area contributed by atoms with E-state index in [9.17, 15) is 18.0 Å². The number of halogens is 4. The van der Waals surface area contributed by atoms with Crippen molar-refractivity contribution in [3.8, 4) is 0 Å². The Balaban J connectivity index is 2.56. The molecule has 1 aromatic carbocycles. The van der Waals surface area contributed by atoms with Gasteiger partial charge in [0.15, 0.2) is 0 Å². The Morgan fingerprint density at radius 1 is 1.14 bits per heavy atom. The maximum absolute atomic E-state index is 12.8. The fraction of sp³-hybridized carbons (Fsp3) is 0.0667. The zero-order valence-electron chi connectivity index (χ0n) is 10.9. The molecule has 0 saturated carbocycles. The average Bonchev–Trinajstić information content (AvgIpc) is 2.45. The van der Waals surface area contributed by atoms with Crippen LogP contribution in [0.25, 0.3) is 5.57 Å². The molecule has 7 heteroatoms. The van der Waals surface area contributed by atoms with Crippen LogP contribution in [0, 0.1) is 0 Å². The summed E-state index contributed by atoms with van der Waals surface area (Å²) in [5.41, 5.74) is -0.356. The molecule has 0 radical (unpaired) electrons. The summed E-state index contributed by atoms with van der Waals surface area (Å²) in [7, 11) is 0. The SMILES string of the molecule is O=C(O)/C=C(/c1ccc(Cl)cc1)c1cncc(C(F)(F)F)c1. The first-order chi connectivity index (χ1) is 10.3. The van der Waals surface area contributed by atoms with Crippen LogP contribution in [0.3, 0.4) is 0 Å². The molecule has 2 rings (SSSR count). The van der Waals surface area contributed by atoms with Crippen LogP contribution >= 0.6 is 11.6 Å². The molecule has 114 valence electrons. The normalized spacial score (nSPS) is 12.3. The summed E-state index contributed by atoms with van der Waals surface area (Å²) >= 11 is 5.76. The van der Waals surface area contributed by atoms with Gasteiger partial charge in [-0.3, -0.25) is 4.98 Å². The number of aromatic nitrogens is 1. The molecule has 0 amide bonds. The fourth-order valence-electron chi connectivity index (χ4n) is 1.83. The van der Waals surface area contributed by atoms with Gasteiger partial charge in [-0.05, 0) is 29.3 Å². The van der Waals surface area contributed by atoms with Crippen molar-refractivity contribution >= 4 is 23.1 Å². The highest BCUT2D eigenvalue weighted by atomic mass is 35.5. The Hall–Kier alpha value is -2.34. The average molecular weight is 328 g/mol. The summed E-state index contributed by atoms with van der Waals surface area (Å²) in [4.78, 5) is 14.5. The van der Waals surface area contributed by atoms with Crippen molar-refractivity contribution in [1.82, 2.24) is 4.98 Å². The number of pyridine rings is 1. The number of alkyl halides is 3. The molecule has 0 aliphatic heterocycles. The predicted octanol–water partition coefficient (Wildman–Crippen LogP) is 4.27. The first-order valence-corrected chi connectivity index (χ1v) is 6.38. The molecule has 0 spiro atoms. The van der Waals surface area contributed by atoms with Gasteiger partial charge in [0.1, 0.15) is 0 Å². The molecule has 1 aromatic heterocycles. The number of carboxylic acid groups (broad SMARTS) is 1. The number of aliphatic carboxylic acids is 1. The molecule has 0 bridgehead atoms. The number of rotatable bonds is 3. The van der Waals surface area contributed by atoms with Crippen molar-refractivity contribution in [3.63, 3.8) is 0 Å². The molecule has 1 N–H and O–H groups in total. The van der Waals surface area contributed by atoms with Crippen molar-refractivity contribution < 1.29 is 23.1 Å². The van der Waals surface area contributed by atoms with E-state index in [1.807, 2.05) is 0 Å². The largest absolute Gasteiger partial charge is 0.478 e. The fourth-order valence-corrected chi connectivity index (χ4v) is 1.95. The second-order valence-electron chi connectivity index (χ2n) is 4.36. The highest BCUT2D eigenvalue weighted by Crippen LogP contribution is 2.32. The number of nitrogens with zero attached hydrogens (tertiary/aromatic N) is 1. The summed E-state index contributed by atoms with van der Waals surface area (Å²) in [5, 5.41) is 9.38. The third-order valence-corrected chi connectivity index (χ3v) is 3.05. The standard InChI is InChI=1S/C15H9ClF3NO2/c16-12-3-1-9(2-4-12)13(6-14(21)22)10-5-11(8-20-7-10)15(17,18)19/h1-8H,(H,21,22)/b13-6-. The number of carbonyl (C=O) groups is 1. The Labute approximate surface area is 128 Å². The minimum Gasteiger partial charge on any atom is -0.478 e. The van der Waals surface area contributed by atoms with Gasteiger partial charge >= 0.3 is 12.1 Å². The lowest BCUT2D eigenvalue weighted by Crippen LogP contribution is -2.06. The second kappa shape index (κ2) is 6.19. The lowest BCUT2D eigenvalue weighted by molar-refractivity contribution is -0.137. The summed E-state index contributed by atoms with van der Waals surface area (Å²) in [6.07, 6.45) is -1.86. The van der Waals surface area contributed by atoms with Gasteiger partial charge in [-0.2, -0.15) is 13.2 Å². The van der Waals surface area contributed by atoms with E-state index in [2.05, 4.69) is 4.98 Å². The zero-order valence-corrected chi connectivity index (χ0v) is 11.7. The minimum absolute atomic E-state index is 0.0551. The number of hydrogen-bond donors (Lipinski definition) is 1. The Morgan fingerprint density at radius 2 is 1.77 bits per heavy atom. The third kappa shape index (κ3) is 3.85. The van der Waals surface area contributed by atoms with Gasteiger partial charge in [-0.15, -0.1) is 0 Å². The molecule has 3 nitrogen and oxygen atoms in total. The molecule has 0 aliphatic carbocycles. The molecule has 0 atom stereocenters. The van der Waals surface area contributed by atoms with Crippen LogP contribution < -0.4 is 0 Å². The lowest BCUT2D eigenvalue weighted by atomic mass is 9.98. The second-order valence-corrected chi connectivity index (χ2v) is 4.80. The van der Waals surface area contributed by atoms with Crippen molar-refractivity contribution in [2.45, 2.75) is 6.18 Å². The van der Waals surface area contributed by atoms with Crippen molar-refractivity contribution in [2.75, 3.05) is 0 Å². The first-order valence-electron chi connectivity index (χ1n) is 6.00. The molecular weight excluding hydrogens is 319 g/mol. The van der Waals surface area contributed by atoms with Gasteiger partial charge in [0, 0.05) is 29.1 Å². The summed E-state index contributed by atoms with van der Waals surface area (Å²) in [6.45, 7) is 0. The van der Waals surface area contributed by atoms with E-state index >= 15 is 0 Å². The number of carboxylic acids is 1. The summed E-state index contributed by atoms with van der Waals surface area (Å²) in [6, 6.07) is 6.95. The van der Waals surface area contributed by atoms with Gasteiger partial charge in [-0.1, -0.05) is 23.7 Å². The van der Waals surface area contributed by atoms with E-state index in [0.29, 0.717) is 16.8 Å². The van der Waals surface area contributed by atoms with Gasteiger partial charge in [0.05, 0.1) is 5.56 Å². The Morgan fingerprint density at radius 3 is 2.32 bits per heavy atom. The quantitative estimate of drug-likeness (QED) is 0.856. The first kappa shape index (κ1) is 16.0. The van der Waals surface area contributed by atoms with Crippen LogP contribution in [0.15, 0.2) is 48.8 Å². The van der Waals surface area contributed by atoms with Gasteiger partial charge in [0.2, 0.25) is 0 Å². The van der Waals surface area contributed by atoms with Gasteiger partial charge < -0.3 is 5.11 Å². The highest BCUT2D eigenvalue weighted by molar-refractivity contribution is 6.30. The van der Waals surface area contributed by atoms with E-state index in [1.54, 1.807) is 0 Å². The van der Waals surface area contributed by atoms with Crippen molar-refractivity contribution in [2.24, 2.45) is 0 Å². The third-order valence-electron chi connectivity index (χ3n) is 2.80. The van der Waals surface area contributed by atoms with Crippen LogP contribution in [0.2, 0.25) is 5.02 Å². The van der Waals surface area contributed by atoms with E-state index in [4.69, 9.17) is 16.7 Å². The molecule has 0 fully saturated rings. The lowest BCUT2D eigenvalue weighted by Gasteiger charge is -2.11. The van der Waals surface area contributed by atoms with E-state index < -0.39 is 17.7 Å². The minimum atomic E-state index is -4.56. The van der Waals surface area contributed by atoms with Crippen LogP contribution in [-0.4, -0.2) is 16.1 Å². The smallest absolute Gasteiger partial charge is 0.417 e. The summed E-state index contributed by atoms with van der Waals surface area (Å²) in [5.74, 6) is -1.28. The van der Waals surface area contributed by atoms with Gasteiger partial charge in [-0.25, -0.2) is 4.79 Å². The molecule has 0 saturated heterocycles. The summed E-state index contributed by atoms with van der Waals surface area (Å²) < 4.78 is 38.3. The predicted molar refractivity (Wildman–Crippen MR) is 75.4 cm³/mol. The van der Waals surface area contributed by atoms with E-state index in [-0.39, 0.29) is 11.1 Å². The van der Waals surface area contributed by atoms with Crippen molar-refractivity contribution in [3.05, 3.63) is 70.5 Å². The number of benzene rings is 1. The maximum atomic E-state index is 12.8. The van der Waals surface area contributed by atoms with Crippen LogP contribution in [0.1, 0.15) is 16.7 Å². The van der Waals surface area contributed by atoms with Crippen LogP contribution in [0.4, 0.5) is 13.2 Å². The highest BCUT2D eigenvalue weighted by Gasteiger charge is 2.31. The maximum Gasteiger partial charge on any atom is 0.417 e. The van der Waals surface area contributed by atoms with Crippen molar-refractivity contribution in [1.29, 1.82) is 0 Å². The Kier molecular flexibility index (Phi) is 4.51. The molecule has 2 aromatic rings. The number of hydrogen-bond acceptors (Lipinski definition) is 2. The molecule has 22 heavy (non-hydrogen) atoms. The Bertz CT molecular complexity index is 724. The monoisotopic (exact) mass is 327 g/mol. The topological polar surface area (TPSA) is 50.2 Å². The molecule has 0 aliphatic rings. The molecular formula is C15H9ClF3NO2. The molecule has 0 unspecified atom stereocenters. The van der Waals surface area contributed by atoms with Crippen LogP contribution in [0.5, 0.6) is 0 Å². The van der Waals surface area contributed by atoms with Crippen LogP contribution in [-0.2, 0) is 11.0 Å². The van der Waals surface area contributed by atoms with E-state index in [0.717, 1.165) is 12.1 Å². The zero-order chi connectivity index (χ0) is 16.3. The van der Waals surface area contributed by atoms with E-state index in [1.165, 1.54) is 30.5 Å².